The molecular weight excluding hydrogens is 411 g/mol. The predicted molar refractivity (Wildman–Crippen MR) is 121 cm³/mol. The molecule has 0 spiro atoms. The molecule has 1 heterocycles. The zero-order chi connectivity index (χ0) is 21.6. The molecule has 4 rings (SSSR count). The molecule has 1 aromatic heterocycles. The smallest absolute Gasteiger partial charge is 0.230 e. The molecule has 5 nitrogen and oxygen atoms in total. The molecule has 1 fully saturated rings. The molecule has 2 aromatic carbocycles. The van der Waals surface area contributed by atoms with Crippen molar-refractivity contribution in [3.63, 3.8) is 0 Å². The maximum Gasteiger partial charge on any atom is 0.230 e. The van der Waals surface area contributed by atoms with Gasteiger partial charge in [-0.25, -0.2) is 4.39 Å². The highest BCUT2D eigenvalue weighted by Gasteiger charge is 2.23. The van der Waals surface area contributed by atoms with Gasteiger partial charge in [-0.1, -0.05) is 61.9 Å². The number of hydrogen-bond acceptors (Lipinski definition) is 4. The van der Waals surface area contributed by atoms with E-state index in [1.54, 1.807) is 12.1 Å². The van der Waals surface area contributed by atoms with E-state index in [0.717, 1.165) is 17.5 Å². The van der Waals surface area contributed by atoms with Gasteiger partial charge in [-0.3, -0.25) is 9.36 Å². The molecule has 7 heteroatoms. The Labute approximate surface area is 186 Å². The summed E-state index contributed by atoms with van der Waals surface area (Å²) in [6, 6.07) is 16.5. The van der Waals surface area contributed by atoms with Crippen LogP contribution in [0.15, 0.2) is 59.8 Å². The summed E-state index contributed by atoms with van der Waals surface area (Å²) in [6.07, 6.45) is 4.65. The van der Waals surface area contributed by atoms with Crippen LogP contribution in [0.1, 0.15) is 38.2 Å². The van der Waals surface area contributed by atoms with E-state index in [2.05, 4.69) is 22.4 Å². The fourth-order valence-electron chi connectivity index (χ4n) is 4.03. The lowest BCUT2D eigenvalue weighted by Crippen LogP contribution is -2.41. The third-order valence-corrected chi connectivity index (χ3v) is 6.76. The summed E-state index contributed by atoms with van der Waals surface area (Å²) in [5.74, 6) is 1.21. The number of carbonyl (C=O) groups is 1. The minimum atomic E-state index is -0.291. The number of halogens is 1. The number of thioether (sulfide) groups is 1. The van der Waals surface area contributed by atoms with Crippen LogP contribution < -0.4 is 5.32 Å². The van der Waals surface area contributed by atoms with Crippen LogP contribution in [0, 0.1) is 11.7 Å². The molecule has 1 aliphatic rings. The topological polar surface area (TPSA) is 59.8 Å². The van der Waals surface area contributed by atoms with E-state index < -0.39 is 0 Å². The molecule has 1 aliphatic carbocycles. The van der Waals surface area contributed by atoms with Crippen LogP contribution >= 0.6 is 11.8 Å². The lowest BCUT2D eigenvalue weighted by molar-refractivity contribution is -0.119. The average molecular weight is 439 g/mol. The quantitative estimate of drug-likeness (QED) is 0.532. The third kappa shape index (κ3) is 5.53. The molecule has 162 valence electrons. The van der Waals surface area contributed by atoms with Crippen molar-refractivity contribution in [1.29, 1.82) is 0 Å². The molecule has 0 saturated heterocycles. The van der Waals surface area contributed by atoms with E-state index in [-0.39, 0.29) is 17.8 Å². The number of hydrogen-bond donors (Lipinski definition) is 1. The van der Waals surface area contributed by atoms with Gasteiger partial charge in [0.15, 0.2) is 11.0 Å². The van der Waals surface area contributed by atoms with Crippen LogP contribution in [0.4, 0.5) is 4.39 Å². The number of aromatic nitrogens is 3. The van der Waals surface area contributed by atoms with Gasteiger partial charge in [-0.15, -0.1) is 10.2 Å². The first-order valence-electron chi connectivity index (χ1n) is 10.8. The van der Waals surface area contributed by atoms with E-state index in [0.29, 0.717) is 29.2 Å². The normalized spacial score (nSPS) is 18.6. The Morgan fingerprint density at radius 1 is 1.10 bits per heavy atom. The van der Waals surface area contributed by atoms with Gasteiger partial charge in [0.2, 0.25) is 5.91 Å². The number of rotatable bonds is 7. The first kappa shape index (κ1) is 21.6. The van der Waals surface area contributed by atoms with E-state index in [1.807, 2.05) is 34.9 Å². The van der Waals surface area contributed by atoms with Gasteiger partial charge in [0, 0.05) is 11.6 Å². The van der Waals surface area contributed by atoms with Crippen molar-refractivity contribution in [3.8, 4) is 11.4 Å². The Kier molecular flexibility index (Phi) is 7.02. The van der Waals surface area contributed by atoms with Gasteiger partial charge in [0.05, 0.1) is 12.3 Å². The van der Waals surface area contributed by atoms with E-state index >= 15 is 0 Å². The lowest BCUT2D eigenvalue weighted by Gasteiger charge is -2.29. The molecule has 3 aromatic rings. The van der Waals surface area contributed by atoms with Crippen molar-refractivity contribution in [2.45, 2.75) is 50.4 Å². The zero-order valence-electron chi connectivity index (χ0n) is 17.6. The van der Waals surface area contributed by atoms with E-state index in [1.165, 1.54) is 43.2 Å². The molecule has 0 radical (unpaired) electrons. The fourth-order valence-corrected chi connectivity index (χ4v) is 4.77. The maximum absolute atomic E-state index is 13.4. The highest BCUT2D eigenvalue weighted by atomic mass is 32.2. The first-order valence-corrected chi connectivity index (χ1v) is 11.7. The standard InChI is InChI=1S/C24H27FN4OS/c1-17-7-5-6-10-21(17)26-22(30)16-31-24-28-27-23(19-11-13-20(25)14-12-19)29(24)15-18-8-3-2-4-9-18/h2-4,8-9,11-14,17,21H,5-7,10,15-16H2,1H3,(H,26,30). The number of amides is 1. The molecule has 31 heavy (non-hydrogen) atoms. The third-order valence-electron chi connectivity index (χ3n) is 5.79. The maximum atomic E-state index is 13.4. The molecule has 1 saturated carbocycles. The summed E-state index contributed by atoms with van der Waals surface area (Å²) < 4.78 is 15.4. The fraction of sp³-hybridized carbons (Fsp3) is 0.375. The Morgan fingerprint density at radius 2 is 1.84 bits per heavy atom. The number of carbonyl (C=O) groups excluding carboxylic acids is 1. The minimum absolute atomic E-state index is 0.0290. The second-order valence-corrected chi connectivity index (χ2v) is 9.05. The van der Waals surface area contributed by atoms with Crippen molar-refractivity contribution >= 4 is 17.7 Å². The van der Waals surface area contributed by atoms with Crippen molar-refractivity contribution < 1.29 is 9.18 Å². The second kappa shape index (κ2) is 10.1. The summed E-state index contributed by atoms with van der Waals surface area (Å²) in [7, 11) is 0. The summed E-state index contributed by atoms with van der Waals surface area (Å²) in [5, 5.41) is 12.6. The predicted octanol–water partition coefficient (Wildman–Crippen LogP) is 4.92. The van der Waals surface area contributed by atoms with Gasteiger partial charge in [0.1, 0.15) is 5.82 Å². The molecule has 1 N–H and O–H groups in total. The van der Waals surface area contributed by atoms with Crippen LogP contribution in [0.25, 0.3) is 11.4 Å². The summed E-state index contributed by atoms with van der Waals surface area (Å²) in [4.78, 5) is 12.6. The summed E-state index contributed by atoms with van der Waals surface area (Å²) >= 11 is 1.39. The number of nitrogens with zero attached hydrogens (tertiary/aromatic N) is 3. The SMILES string of the molecule is CC1CCCCC1NC(=O)CSc1nnc(-c2ccc(F)cc2)n1Cc1ccccc1. The minimum Gasteiger partial charge on any atom is -0.352 e. The van der Waals surface area contributed by atoms with Crippen molar-refractivity contribution in [3.05, 3.63) is 66.0 Å². The molecular formula is C24H27FN4OS. The Balaban J connectivity index is 1.51. The number of nitrogens with one attached hydrogen (secondary N) is 1. The Hall–Kier alpha value is -2.67. The monoisotopic (exact) mass is 438 g/mol. The zero-order valence-corrected chi connectivity index (χ0v) is 18.4. The van der Waals surface area contributed by atoms with E-state index in [9.17, 15) is 9.18 Å². The second-order valence-electron chi connectivity index (χ2n) is 8.11. The van der Waals surface area contributed by atoms with Gasteiger partial charge in [0.25, 0.3) is 0 Å². The number of benzene rings is 2. The van der Waals surface area contributed by atoms with E-state index in [4.69, 9.17) is 0 Å². The summed E-state index contributed by atoms with van der Waals surface area (Å²) in [6.45, 7) is 2.78. The van der Waals surface area contributed by atoms with Crippen LogP contribution in [-0.2, 0) is 11.3 Å². The molecule has 0 aliphatic heterocycles. The van der Waals surface area contributed by atoms with Crippen molar-refractivity contribution in [1.82, 2.24) is 20.1 Å². The van der Waals surface area contributed by atoms with Crippen LogP contribution in [0.3, 0.4) is 0 Å². The van der Waals surface area contributed by atoms with Gasteiger partial charge < -0.3 is 5.32 Å². The molecule has 2 atom stereocenters. The largest absolute Gasteiger partial charge is 0.352 e. The molecule has 2 unspecified atom stereocenters. The van der Waals surface area contributed by atoms with Gasteiger partial charge >= 0.3 is 0 Å². The van der Waals surface area contributed by atoms with Crippen LogP contribution in [-0.4, -0.2) is 32.5 Å². The van der Waals surface area contributed by atoms with Crippen molar-refractivity contribution in [2.24, 2.45) is 5.92 Å². The van der Waals surface area contributed by atoms with Crippen LogP contribution in [0.5, 0.6) is 0 Å². The highest BCUT2D eigenvalue weighted by molar-refractivity contribution is 7.99. The highest BCUT2D eigenvalue weighted by Crippen LogP contribution is 2.27. The van der Waals surface area contributed by atoms with Gasteiger partial charge in [-0.2, -0.15) is 0 Å². The molecule has 1 amide bonds. The Morgan fingerprint density at radius 3 is 2.58 bits per heavy atom. The van der Waals surface area contributed by atoms with Crippen molar-refractivity contribution in [2.75, 3.05) is 5.75 Å². The first-order chi connectivity index (χ1) is 15.1. The van der Waals surface area contributed by atoms with Crippen LogP contribution in [0.2, 0.25) is 0 Å². The molecule has 0 bridgehead atoms. The Bertz CT molecular complexity index is 1010. The lowest BCUT2D eigenvalue weighted by atomic mass is 9.86. The average Bonchev–Trinajstić information content (AvgIpc) is 3.17. The van der Waals surface area contributed by atoms with Gasteiger partial charge in [-0.05, 0) is 48.6 Å². The summed E-state index contributed by atoms with van der Waals surface area (Å²) in [5.41, 5.74) is 1.89.